The van der Waals surface area contributed by atoms with Crippen LogP contribution in [0.2, 0.25) is 0 Å². The third-order valence-electron chi connectivity index (χ3n) is 1.81. The molecule has 1 rings (SSSR count). The van der Waals surface area contributed by atoms with E-state index in [1.54, 1.807) is 6.92 Å². The maximum absolute atomic E-state index is 13.7. The summed E-state index contributed by atoms with van der Waals surface area (Å²) in [5.74, 6) is -2.16. The van der Waals surface area contributed by atoms with Crippen molar-refractivity contribution in [2.45, 2.75) is 11.8 Å². The summed E-state index contributed by atoms with van der Waals surface area (Å²) in [6, 6.07) is 2.11. The van der Waals surface area contributed by atoms with Crippen LogP contribution in [0.1, 0.15) is 17.3 Å². The van der Waals surface area contributed by atoms with Crippen molar-refractivity contribution in [2.24, 2.45) is 5.14 Å². The third-order valence-corrected chi connectivity index (χ3v) is 3.17. The first-order valence-electron chi connectivity index (χ1n) is 4.46. The van der Waals surface area contributed by atoms with Crippen molar-refractivity contribution < 1.29 is 22.3 Å². The quantitative estimate of drug-likeness (QED) is 0.851. The Kier molecular flexibility index (Phi) is 4.23. The number of rotatable bonds is 3. The molecule has 1 aromatic rings. The number of carbonyl (C=O) groups is 1. The van der Waals surface area contributed by atoms with Crippen LogP contribution in [0.4, 0.5) is 4.39 Å². The standard InChI is InChI=1S/C9H9BrFNO4S/c1-2-16-9(13)6-3-5(10)4-7(8(6)11)17(12,14)15/h3-4H,2H2,1H3,(H2,12,14,15). The topological polar surface area (TPSA) is 86.5 Å². The van der Waals surface area contributed by atoms with Crippen LogP contribution in [0, 0.1) is 5.82 Å². The van der Waals surface area contributed by atoms with Gasteiger partial charge in [0.05, 0.1) is 12.2 Å². The summed E-state index contributed by atoms with van der Waals surface area (Å²) in [6.07, 6.45) is 0. The molecule has 8 heteroatoms. The molecular weight excluding hydrogens is 317 g/mol. The number of halogens is 2. The Balaban J connectivity index is 3.44. The molecule has 0 atom stereocenters. The van der Waals surface area contributed by atoms with E-state index in [1.165, 1.54) is 0 Å². The molecule has 17 heavy (non-hydrogen) atoms. The van der Waals surface area contributed by atoms with Crippen LogP contribution in [-0.4, -0.2) is 21.0 Å². The van der Waals surface area contributed by atoms with Crippen molar-refractivity contribution in [2.75, 3.05) is 6.61 Å². The lowest BCUT2D eigenvalue weighted by Gasteiger charge is -2.07. The van der Waals surface area contributed by atoms with E-state index in [4.69, 9.17) is 5.14 Å². The molecule has 0 aliphatic rings. The summed E-state index contributed by atoms with van der Waals surface area (Å²) in [6.45, 7) is 1.60. The van der Waals surface area contributed by atoms with Crippen molar-refractivity contribution in [3.8, 4) is 0 Å². The molecule has 0 aliphatic carbocycles. The van der Waals surface area contributed by atoms with Crippen LogP contribution in [-0.2, 0) is 14.8 Å². The third kappa shape index (κ3) is 3.24. The summed E-state index contributed by atoms with van der Waals surface area (Å²) >= 11 is 2.96. The van der Waals surface area contributed by atoms with Gasteiger partial charge in [0.2, 0.25) is 10.0 Å². The molecule has 5 nitrogen and oxygen atoms in total. The zero-order valence-electron chi connectivity index (χ0n) is 8.74. The smallest absolute Gasteiger partial charge is 0.341 e. The highest BCUT2D eigenvalue weighted by Gasteiger charge is 2.23. The van der Waals surface area contributed by atoms with E-state index in [2.05, 4.69) is 20.7 Å². The fourth-order valence-corrected chi connectivity index (χ4v) is 2.39. The Morgan fingerprint density at radius 2 is 2.12 bits per heavy atom. The maximum Gasteiger partial charge on any atom is 0.341 e. The molecule has 0 saturated carbocycles. The minimum absolute atomic E-state index is 0.0511. The van der Waals surface area contributed by atoms with Gasteiger partial charge in [-0.25, -0.2) is 22.7 Å². The van der Waals surface area contributed by atoms with Gasteiger partial charge >= 0.3 is 5.97 Å². The first kappa shape index (κ1) is 14.1. The summed E-state index contributed by atoms with van der Waals surface area (Å²) in [5.41, 5.74) is -0.481. The first-order chi connectivity index (χ1) is 7.77. The second kappa shape index (κ2) is 5.11. The average molecular weight is 326 g/mol. The minimum Gasteiger partial charge on any atom is -0.462 e. The Bertz CT molecular complexity index is 558. The van der Waals surface area contributed by atoms with Crippen LogP contribution in [0.15, 0.2) is 21.5 Å². The van der Waals surface area contributed by atoms with Gasteiger partial charge in [0.25, 0.3) is 0 Å². The number of primary sulfonamides is 1. The predicted octanol–water partition coefficient (Wildman–Crippen LogP) is 1.41. The Labute approximate surface area is 106 Å². The van der Waals surface area contributed by atoms with Crippen LogP contribution < -0.4 is 5.14 Å². The fourth-order valence-electron chi connectivity index (χ4n) is 1.13. The lowest BCUT2D eigenvalue weighted by atomic mass is 10.2. The molecule has 0 aliphatic heterocycles. The number of benzene rings is 1. The van der Waals surface area contributed by atoms with E-state index in [0.29, 0.717) is 0 Å². The van der Waals surface area contributed by atoms with Crippen molar-refractivity contribution in [3.63, 3.8) is 0 Å². The summed E-state index contributed by atoms with van der Waals surface area (Å²) < 4.78 is 40.8. The van der Waals surface area contributed by atoms with Gasteiger partial charge in [-0.15, -0.1) is 0 Å². The molecule has 0 fully saturated rings. The van der Waals surface area contributed by atoms with Crippen molar-refractivity contribution >= 4 is 31.9 Å². The van der Waals surface area contributed by atoms with Crippen molar-refractivity contribution in [1.29, 1.82) is 0 Å². The molecule has 0 spiro atoms. The van der Waals surface area contributed by atoms with E-state index in [0.717, 1.165) is 12.1 Å². The number of esters is 1. The highest BCUT2D eigenvalue weighted by atomic mass is 79.9. The largest absolute Gasteiger partial charge is 0.462 e. The minimum atomic E-state index is -4.24. The second-order valence-electron chi connectivity index (χ2n) is 3.03. The van der Waals surface area contributed by atoms with Gasteiger partial charge in [-0.2, -0.15) is 0 Å². The van der Waals surface area contributed by atoms with E-state index in [-0.39, 0.29) is 11.1 Å². The molecular formula is C9H9BrFNO4S. The Morgan fingerprint density at radius 1 is 1.53 bits per heavy atom. The number of hydrogen-bond donors (Lipinski definition) is 1. The normalized spacial score (nSPS) is 11.3. The lowest BCUT2D eigenvalue weighted by molar-refractivity contribution is 0.0520. The van der Waals surface area contributed by atoms with Gasteiger partial charge < -0.3 is 4.74 Å². The second-order valence-corrected chi connectivity index (χ2v) is 5.48. The molecule has 0 unspecified atom stereocenters. The van der Waals surface area contributed by atoms with Crippen LogP contribution in [0.25, 0.3) is 0 Å². The highest BCUT2D eigenvalue weighted by molar-refractivity contribution is 9.10. The van der Waals surface area contributed by atoms with Crippen LogP contribution >= 0.6 is 15.9 Å². The average Bonchev–Trinajstić information content (AvgIpc) is 2.19. The fraction of sp³-hybridized carbons (Fsp3) is 0.222. The lowest BCUT2D eigenvalue weighted by Crippen LogP contribution is -2.17. The molecule has 94 valence electrons. The predicted molar refractivity (Wildman–Crippen MR) is 61.4 cm³/mol. The summed E-state index contributed by atoms with van der Waals surface area (Å²) in [4.78, 5) is 10.6. The first-order valence-corrected chi connectivity index (χ1v) is 6.80. The molecule has 0 bridgehead atoms. The van der Waals surface area contributed by atoms with Gasteiger partial charge in [0.1, 0.15) is 4.90 Å². The molecule has 0 aromatic heterocycles. The maximum atomic E-state index is 13.7. The number of sulfonamides is 1. The number of carbonyl (C=O) groups excluding carboxylic acids is 1. The zero-order valence-corrected chi connectivity index (χ0v) is 11.1. The van der Waals surface area contributed by atoms with Gasteiger partial charge in [-0.1, -0.05) is 15.9 Å². The van der Waals surface area contributed by atoms with E-state index >= 15 is 0 Å². The van der Waals surface area contributed by atoms with Gasteiger partial charge in [0, 0.05) is 4.47 Å². The Hall–Kier alpha value is -0.990. The number of nitrogens with two attached hydrogens (primary N) is 1. The number of hydrogen-bond acceptors (Lipinski definition) is 4. The Morgan fingerprint density at radius 3 is 2.59 bits per heavy atom. The van der Waals surface area contributed by atoms with Crippen molar-refractivity contribution in [3.05, 3.63) is 28.0 Å². The van der Waals surface area contributed by atoms with Gasteiger partial charge in [-0.05, 0) is 19.1 Å². The molecule has 1 aromatic carbocycles. The molecule has 0 heterocycles. The SMILES string of the molecule is CCOC(=O)c1cc(Br)cc(S(N)(=O)=O)c1F. The summed E-state index contributed by atoms with van der Waals surface area (Å²) in [7, 11) is -4.24. The zero-order chi connectivity index (χ0) is 13.2. The van der Waals surface area contributed by atoms with E-state index < -0.39 is 32.3 Å². The summed E-state index contributed by atoms with van der Waals surface area (Å²) in [5, 5.41) is 4.83. The molecule has 0 amide bonds. The van der Waals surface area contributed by atoms with Crippen LogP contribution in [0.3, 0.4) is 0 Å². The number of ether oxygens (including phenoxy) is 1. The molecule has 2 N–H and O–H groups in total. The van der Waals surface area contributed by atoms with Crippen LogP contribution in [0.5, 0.6) is 0 Å². The van der Waals surface area contributed by atoms with Gasteiger partial charge in [0.15, 0.2) is 5.82 Å². The van der Waals surface area contributed by atoms with E-state index in [9.17, 15) is 17.6 Å². The van der Waals surface area contributed by atoms with Gasteiger partial charge in [-0.3, -0.25) is 0 Å². The molecule has 0 saturated heterocycles. The monoisotopic (exact) mass is 325 g/mol. The van der Waals surface area contributed by atoms with E-state index in [1.807, 2.05) is 0 Å². The van der Waals surface area contributed by atoms with Crippen molar-refractivity contribution in [1.82, 2.24) is 0 Å². The highest BCUT2D eigenvalue weighted by Crippen LogP contribution is 2.23. The molecule has 0 radical (unpaired) electrons.